The quantitative estimate of drug-likeness (QED) is 0.241. The third-order valence-electron chi connectivity index (χ3n) is 3.46. The van der Waals surface area contributed by atoms with E-state index in [0.29, 0.717) is 5.01 Å². The standard InChI is InChI=1S/C16H24N2O3/c1-2-3-4-5-6-7-8-13-9-10-14(15(20)11-13)16(21)18(17)12-19/h9-12,20H,2-8,17H2,1H3. The minimum Gasteiger partial charge on any atom is -0.507 e. The molecule has 0 fully saturated rings. The zero-order valence-corrected chi connectivity index (χ0v) is 12.5. The average Bonchev–Trinajstić information content (AvgIpc) is 2.49. The molecule has 0 bridgehead atoms. The van der Waals surface area contributed by atoms with Gasteiger partial charge in [0, 0.05) is 0 Å². The zero-order valence-electron chi connectivity index (χ0n) is 12.5. The number of aryl methyl sites for hydroxylation is 1. The molecule has 3 N–H and O–H groups in total. The summed E-state index contributed by atoms with van der Waals surface area (Å²) in [5.41, 5.74) is 1.02. The predicted octanol–water partition coefficient (Wildman–Crippen LogP) is 2.77. The number of rotatable bonds is 9. The maximum absolute atomic E-state index is 11.7. The van der Waals surface area contributed by atoms with Crippen LogP contribution in [-0.4, -0.2) is 22.4 Å². The first kappa shape index (κ1) is 17.2. The van der Waals surface area contributed by atoms with Gasteiger partial charge in [0.25, 0.3) is 5.91 Å². The Labute approximate surface area is 125 Å². The first-order valence-electron chi connectivity index (χ1n) is 7.45. The van der Waals surface area contributed by atoms with Gasteiger partial charge < -0.3 is 5.11 Å². The van der Waals surface area contributed by atoms with Gasteiger partial charge in [-0.1, -0.05) is 45.1 Å². The van der Waals surface area contributed by atoms with Crippen LogP contribution in [0.15, 0.2) is 18.2 Å². The molecule has 21 heavy (non-hydrogen) atoms. The van der Waals surface area contributed by atoms with E-state index in [1.165, 1.54) is 38.2 Å². The smallest absolute Gasteiger partial charge is 0.278 e. The van der Waals surface area contributed by atoms with Crippen molar-refractivity contribution in [2.75, 3.05) is 0 Å². The average molecular weight is 292 g/mol. The van der Waals surface area contributed by atoms with Crippen molar-refractivity contribution in [3.8, 4) is 5.75 Å². The largest absolute Gasteiger partial charge is 0.507 e. The summed E-state index contributed by atoms with van der Waals surface area (Å²) in [5, 5.41) is 10.3. The van der Waals surface area contributed by atoms with Crippen LogP contribution in [0.5, 0.6) is 5.75 Å². The maximum atomic E-state index is 11.7. The van der Waals surface area contributed by atoms with Gasteiger partial charge in [-0.2, -0.15) is 0 Å². The number of phenolic OH excluding ortho intramolecular Hbond substituents is 1. The molecular formula is C16H24N2O3. The second-order valence-electron chi connectivity index (χ2n) is 5.19. The van der Waals surface area contributed by atoms with Gasteiger partial charge in [-0.25, -0.2) is 10.9 Å². The highest BCUT2D eigenvalue weighted by Crippen LogP contribution is 2.21. The molecule has 1 rings (SSSR count). The van der Waals surface area contributed by atoms with Crippen LogP contribution in [0.4, 0.5) is 0 Å². The SMILES string of the molecule is CCCCCCCCc1ccc(C(=O)N(N)C=O)c(O)c1. The number of carbonyl (C=O) groups excluding carboxylic acids is 2. The minimum absolute atomic E-state index is 0.0382. The van der Waals surface area contributed by atoms with Crippen molar-refractivity contribution >= 4 is 12.3 Å². The van der Waals surface area contributed by atoms with Gasteiger partial charge in [-0.05, 0) is 30.5 Å². The summed E-state index contributed by atoms with van der Waals surface area (Å²) in [6.45, 7) is 2.19. The second-order valence-corrected chi connectivity index (χ2v) is 5.19. The highest BCUT2D eigenvalue weighted by atomic mass is 16.3. The van der Waals surface area contributed by atoms with E-state index < -0.39 is 5.91 Å². The van der Waals surface area contributed by atoms with E-state index in [-0.39, 0.29) is 17.7 Å². The van der Waals surface area contributed by atoms with E-state index in [4.69, 9.17) is 5.84 Å². The fraction of sp³-hybridized carbons (Fsp3) is 0.500. The van der Waals surface area contributed by atoms with Crippen molar-refractivity contribution < 1.29 is 14.7 Å². The third kappa shape index (κ3) is 5.55. The Morgan fingerprint density at radius 3 is 2.52 bits per heavy atom. The van der Waals surface area contributed by atoms with Crippen LogP contribution in [0.3, 0.4) is 0 Å². The molecule has 0 aliphatic carbocycles. The first-order chi connectivity index (χ1) is 10.1. The lowest BCUT2D eigenvalue weighted by molar-refractivity contribution is -0.116. The molecule has 0 radical (unpaired) electrons. The number of hydrogen-bond donors (Lipinski definition) is 2. The summed E-state index contributed by atoms with van der Waals surface area (Å²) < 4.78 is 0. The molecule has 116 valence electrons. The molecule has 1 aromatic carbocycles. The molecule has 0 unspecified atom stereocenters. The molecule has 0 atom stereocenters. The molecule has 0 saturated heterocycles. The van der Waals surface area contributed by atoms with Gasteiger partial charge in [0.1, 0.15) is 5.75 Å². The number of phenols is 1. The molecule has 5 nitrogen and oxygen atoms in total. The Hall–Kier alpha value is -1.88. The van der Waals surface area contributed by atoms with Crippen molar-refractivity contribution in [2.45, 2.75) is 51.9 Å². The van der Waals surface area contributed by atoms with Crippen LogP contribution in [0, 0.1) is 0 Å². The van der Waals surface area contributed by atoms with Gasteiger partial charge >= 0.3 is 0 Å². The number of aromatic hydroxyl groups is 1. The van der Waals surface area contributed by atoms with Crippen molar-refractivity contribution in [1.29, 1.82) is 0 Å². The number of amides is 2. The zero-order chi connectivity index (χ0) is 15.7. The highest BCUT2D eigenvalue weighted by molar-refractivity contribution is 6.01. The lowest BCUT2D eigenvalue weighted by atomic mass is 10.0. The molecule has 0 heterocycles. The Kier molecular flexibility index (Phi) is 7.46. The van der Waals surface area contributed by atoms with E-state index in [9.17, 15) is 14.7 Å². The Balaban J connectivity index is 2.50. The number of unbranched alkanes of at least 4 members (excludes halogenated alkanes) is 5. The maximum Gasteiger partial charge on any atom is 0.278 e. The molecule has 5 heteroatoms. The van der Waals surface area contributed by atoms with Gasteiger partial charge in [0.15, 0.2) is 0 Å². The van der Waals surface area contributed by atoms with E-state index in [1.807, 2.05) is 0 Å². The first-order valence-corrected chi connectivity index (χ1v) is 7.45. The number of hydrazine groups is 1. The number of nitrogens with two attached hydrogens (primary N) is 1. The second kappa shape index (κ2) is 9.13. The number of imide groups is 1. The molecule has 2 amide bonds. The van der Waals surface area contributed by atoms with Crippen LogP contribution in [-0.2, 0) is 11.2 Å². The van der Waals surface area contributed by atoms with E-state index >= 15 is 0 Å². The van der Waals surface area contributed by atoms with Crippen molar-refractivity contribution in [3.63, 3.8) is 0 Å². The summed E-state index contributed by atoms with van der Waals surface area (Å²) in [6.07, 6.45) is 8.34. The Morgan fingerprint density at radius 2 is 1.90 bits per heavy atom. The summed E-state index contributed by atoms with van der Waals surface area (Å²) in [7, 11) is 0. The third-order valence-corrected chi connectivity index (χ3v) is 3.46. The summed E-state index contributed by atoms with van der Waals surface area (Å²) in [6, 6.07) is 4.86. The number of nitrogens with zero attached hydrogens (tertiary/aromatic N) is 1. The molecule has 0 spiro atoms. The summed E-state index contributed by atoms with van der Waals surface area (Å²) in [4.78, 5) is 22.1. The van der Waals surface area contributed by atoms with Crippen molar-refractivity contribution in [2.24, 2.45) is 5.84 Å². The molecule has 0 saturated carbocycles. The van der Waals surface area contributed by atoms with Gasteiger partial charge in [0.05, 0.1) is 5.56 Å². The molecular weight excluding hydrogens is 268 g/mol. The molecule has 0 aliphatic heterocycles. The van der Waals surface area contributed by atoms with E-state index in [2.05, 4.69) is 6.92 Å². The van der Waals surface area contributed by atoms with Gasteiger partial charge in [0.2, 0.25) is 6.41 Å². The lowest BCUT2D eigenvalue weighted by Gasteiger charge is -2.10. The van der Waals surface area contributed by atoms with Crippen molar-refractivity contribution in [1.82, 2.24) is 5.01 Å². The fourth-order valence-electron chi connectivity index (χ4n) is 2.21. The van der Waals surface area contributed by atoms with E-state index in [1.54, 1.807) is 12.1 Å². The molecule has 0 aromatic heterocycles. The van der Waals surface area contributed by atoms with Crippen LogP contribution >= 0.6 is 0 Å². The summed E-state index contributed by atoms with van der Waals surface area (Å²) in [5.74, 6) is 4.35. The van der Waals surface area contributed by atoms with Crippen molar-refractivity contribution in [3.05, 3.63) is 29.3 Å². The number of benzene rings is 1. The number of hydrogen-bond acceptors (Lipinski definition) is 4. The fourth-order valence-corrected chi connectivity index (χ4v) is 2.21. The van der Waals surface area contributed by atoms with Gasteiger partial charge in [-0.15, -0.1) is 0 Å². The Morgan fingerprint density at radius 1 is 1.24 bits per heavy atom. The highest BCUT2D eigenvalue weighted by Gasteiger charge is 2.16. The summed E-state index contributed by atoms with van der Waals surface area (Å²) >= 11 is 0. The van der Waals surface area contributed by atoms with Crippen LogP contribution < -0.4 is 5.84 Å². The normalized spacial score (nSPS) is 10.4. The van der Waals surface area contributed by atoms with Crippen LogP contribution in [0.2, 0.25) is 0 Å². The predicted molar refractivity (Wildman–Crippen MR) is 81.6 cm³/mol. The minimum atomic E-state index is -0.714. The molecule has 1 aromatic rings. The molecule has 0 aliphatic rings. The van der Waals surface area contributed by atoms with Gasteiger partial charge in [-0.3, -0.25) is 9.59 Å². The van der Waals surface area contributed by atoms with Crippen LogP contribution in [0.1, 0.15) is 61.4 Å². The van der Waals surface area contributed by atoms with E-state index in [0.717, 1.165) is 18.4 Å². The topological polar surface area (TPSA) is 83.6 Å². The Bertz CT molecular complexity index is 475. The van der Waals surface area contributed by atoms with Crippen LogP contribution in [0.25, 0.3) is 0 Å². The number of carbonyl (C=O) groups is 2. The monoisotopic (exact) mass is 292 g/mol. The lowest BCUT2D eigenvalue weighted by Crippen LogP contribution is -2.35.